The topological polar surface area (TPSA) is 145 Å². The Bertz CT molecular complexity index is 857. The molecule has 3 atom stereocenters. The Labute approximate surface area is 164 Å². The molecule has 3 rings (SSSR count). The van der Waals surface area contributed by atoms with Crippen molar-refractivity contribution in [3.05, 3.63) is 40.8 Å². The number of hydrogen-bond donors (Lipinski definition) is 2. The molecule has 2 amide bonds. The number of β-lactam (4-membered cyclic amide) rings is 1. The predicted octanol–water partition coefficient (Wildman–Crippen LogP) is 1.38. The number of hydrogen-bond acceptors (Lipinski definition) is 6. The number of para-hydroxylation sites is 1. The molecule has 10 nitrogen and oxygen atoms in total. The zero-order valence-corrected chi connectivity index (χ0v) is 16.0. The largest absolute Gasteiger partial charge is 0.484 e. The Morgan fingerprint density at radius 2 is 2.07 bits per heavy atom. The Hall–Kier alpha value is -2.91. The van der Waals surface area contributed by atoms with Crippen molar-refractivity contribution in [1.29, 1.82) is 0 Å². The van der Waals surface area contributed by atoms with Gasteiger partial charge < -0.3 is 20.1 Å². The summed E-state index contributed by atoms with van der Waals surface area (Å²) in [6.07, 6.45) is 0. The normalized spacial score (nSPS) is 27.2. The molecule has 28 heavy (non-hydrogen) atoms. The third kappa shape index (κ3) is 3.02. The number of carbonyl (C=O) groups excluding carboxylic acids is 2. The van der Waals surface area contributed by atoms with Gasteiger partial charge in [-0.1, -0.05) is 23.3 Å². The molecule has 0 radical (unpaired) electrons. The van der Waals surface area contributed by atoms with Crippen LogP contribution in [0.4, 0.5) is 0 Å². The standard InChI is InChI=1S/C17H19N5O5S/c1-16(2)17(15(25)26,9-19-21-18)22-13(24)12(14(22)28-16)20-11(23)8-27-10-6-4-3-5-7-10/h3-7,12,14H,8-9H2,1-2H3,(H,20,23)(H,25,26)/t12-,14+,17-/m0/s1. The second-order valence-electron chi connectivity index (χ2n) is 6.93. The molecule has 0 saturated carbocycles. The first-order valence-corrected chi connectivity index (χ1v) is 9.35. The molecule has 2 N–H and O–H groups in total. The number of azide groups is 1. The van der Waals surface area contributed by atoms with Crippen LogP contribution in [-0.2, 0) is 14.4 Å². The number of thioether (sulfide) groups is 1. The molecule has 11 heteroatoms. The van der Waals surface area contributed by atoms with Crippen molar-refractivity contribution >= 4 is 29.5 Å². The first kappa shape index (κ1) is 19.8. The number of benzene rings is 1. The first-order chi connectivity index (χ1) is 13.2. The number of nitrogens with zero attached hydrogens (tertiary/aromatic N) is 4. The van der Waals surface area contributed by atoms with Gasteiger partial charge in [-0.25, -0.2) is 4.79 Å². The van der Waals surface area contributed by atoms with Gasteiger partial charge in [-0.2, -0.15) is 0 Å². The monoisotopic (exact) mass is 405 g/mol. The lowest BCUT2D eigenvalue weighted by molar-refractivity contribution is -0.171. The van der Waals surface area contributed by atoms with Gasteiger partial charge in [0.15, 0.2) is 12.1 Å². The summed E-state index contributed by atoms with van der Waals surface area (Å²) < 4.78 is 4.44. The van der Waals surface area contributed by atoms with Crippen molar-refractivity contribution in [2.75, 3.05) is 13.2 Å². The number of nitrogens with one attached hydrogen (secondary N) is 1. The molecule has 0 spiro atoms. The number of aliphatic carboxylic acids is 1. The molecular weight excluding hydrogens is 386 g/mol. The highest BCUT2D eigenvalue weighted by Gasteiger charge is 2.72. The highest BCUT2D eigenvalue weighted by molar-refractivity contribution is 8.01. The van der Waals surface area contributed by atoms with Gasteiger partial charge in [-0.3, -0.25) is 9.59 Å². The molecule has 0 aromatic heterocycles. The number of rotatable bonds is 7. The lowest BCUT2D eigenvalue weighted by Crippen LogP contribution is -2.76. The summed E-state index contributed by atoms with van der Waals surface area (Å²) in [5.41, 5.74) is 6.96. The van der Waals surface area contributed by atoms with Crippen LogP contribution in [0, 0.1) is 0 Å². The molecule has 1 aromatic carbocycles. The molecule has 0 unspecified atom stereocenters. The SMILES string of the molecule is CC1(C)S[C@@H]2[C@@H](NC(=O)COc3ccccc3)C(=O)N2[C@@]1(CN=[N+]=[N-])C(=O)O. The van der Waals surface area contributed by atoms with Crippen molar-refractivity contribution in [1.82, 2.24) is 10.2 Å². The van der Waals surface area contributed by atoms with Crippen LogP contribution in [0.5, 0.6) is 5.75 Å². The lowest BCUT2D eigenvalue weighted by atomic mass is 9.81. The Morgan fingerprint density at radius 3 is 2.68 bits per heavy atom. The van der Waals surface area contributed by atoms with E-state index in [9.17, 15) is 19.5 Å². The maximum absolute atomic E-state index is 12.7. The van der Waals surface area contributed by atoms with Crippen LogP contribution in [0.25, 0.3) is 10.4 Å². The minimum absolute atomic E-state index is 0.266. The average Bonchev–Trinajstić information content (AvgIpc) is 2.88. The molecule has 2 aliphatic heterocycles. The number of carboxylic acid groups (broad SMARTS) is 1. The van der Waals surface area contributed by atoms with E-state index < -0.39 is 46.0 Å². The Balaban J connectivity index is 1.71. The van der Waals surface area contributed by atoms with Gasteiger partial charge in [0, 0.05) is 9.66 Å². The number of fused-ring (bicyclic) bond motifs is 1. The quantitative estimate of drug-likeness (QED) is 0.303. The molecule has 2 saturated heterocycles. The molecular formula is C17H19N5O5S. The van der Waals surface area contributed by atoms with Gasteiger partial charge >= 0.3 is 5.97 Å². The highest BCUT2D eigenvalue weighted by Crippen LogP contribution is 2.56. The van der Waals surface area contributed by atoms with Crippen molar-refractivity contribution < 1.29 is 24.2 Å². The van der Waals surface area contributed by atoms with Gasteiger partial charge in [-0.15, -0.1) is 11.8 Å². The third-order valence-electron chi connectivity index (χ3n) is 5.01. The Morgan fingerprint density at radius 1 is 1.39 bits per heavy atom. The van der Waals surface area contributed by atoms with Crippen LogP contribution in [0.3, 0.4) is 0 Å². The molecule has 0 bridgehead atoms. The number of carbonyl (C=O) groups is 3. The zero-order chi connectivity index (χ0) is 20.5. The van der Waals surface area contributed by atoms with Gasteiger partial charge in [0.2, 0.25) is 5.91 Å². The van der Waals surface area contributed by atoms with Crippen LogP contribution in [0.2, 0.25) is 0 Å². The maximum Gasteiger partial charge on any atom is 0.331 e. The van der Waals surface area contributed by atoms with E-state index in [-0.39, 0.29) is 6.61 Å². The number of ether oxygens (including phenoxy) is 1. The van der Waals surface area contributed by atoms with E-state index in [1.54, 1.807) is 38.1 Å². The summed E-state index contributed by atoms with van der Waals surface area (Å²) >= 11 is 1.26. The minimum Gasteiger partial charge on any atom is -0.484 e. The van der Waals surface area contributed by atoms with Gasteiger partial charge in [-0.05, 0) is 31.5 Å². The van der Waals surface area contributed by atoms with Crippen LogP contribution < -0.4 is 10.1 Å². The van der Waals surface area contributed by atoms with E-state index in [1.807, 2.05) is 6.07 Å². The molecule has 0 aliphatic carbocycles. The van der Waals surface area contributed by atoms with Crippen LogP contribution >= 0.6 is 11.8 Å². The van der Waals surface area contributed by atoms with Gasteiger partial charge in [0.05, 0.1) is 6.54 Å². The van der Waals surface area contributed by atoms with E-state index in [1.165, 1.54) is 16.7 Å². The fraction of sp³-hybridized carbons (Fsp3) is 0.471. The summed E-state index contributed by atoms with van der Waals surface area (Å²) in [6, 6.07) is 7.91. The van der Waals surface area contributed by atoms with Crippen molar-refractivity contribution in [2.24, 2.45) is 5.11 Å². The van der Waals surface area contributed by atoms with E-state index in [0.29, 0.717) is 5.75 Å². The molecule has 1 aromatic rings. The fourth-order valence-electron chi connectivity index (χ4n) is 3.52. The zero-order valence-electron chi connectivity index (χ0n) is 15.2. The molecule has 2 fully saturated rings. The van der Waals surface area contributed by atoms with Crippen LogP contribution in [-0.4, -0.2) is 62.6 Å². The maximum atomic E-state index is 12.7. The van der Waals surface area contributed by atoms with Crippen molar-refractivity contribution in [3.8, 4) is 5.75 Å². The predicted molar refractivity (Wildman–Crippen MR) is 101 cm³/mol. The molecule has 148 valence electrons. The Kier molecular flexibility index (Phi) is 5.14. The van der Waals surface area contributed by atoms with E-state index >= 15 is 0 Å². The van der Waals surface area contributed by atoms with E-state index in [2.05, 4.69) is 15.3 Å². The molecule has 2 heterocycles. The van der Waals surface area contributed by atoms with E-state index in [0.717, 1.165) is 0 Å². The van der Waals surface area contributed by atoms with E-state index in [4.69, 9.17) is 10.3 Å². The average molecular weight is 405 g/mol. The van der Waals surface area contributed by atoms with Gasteiger partial charge in [0.25, 0.3) is 5.91 Å². The summed E-state index contributed by atoms with van der Waals surface area (Å²) in [5.74, 6) is -1.73. The number of amides is 2. The number of carboxylic acids is 1. The lowest BCUT2D eigenvalue weighted by Gasteiger charge is -2.49. The van der Waals surface area contributed by atoms with Crippen molar-refractivity contribution in [2.45, 2.75) is 35.5 Å². The second kappa shape index (κ2) is 7.25. The smallest absolute Gasteiger partial charge is 0.331 e. The summed E-state index contributed by atoms with van der Waals surface area (Å²) in [4.78, 5) is 40.8. The second-order valence-corrected chi connectivity index (χ2v) is 8.67. The third-order valence-corrected chi connectivity index (χ3v) is 6.66. The van der Waals surface area contributed by atoms with Crippen LogP contribution in [0.15, 0.2) is 35.4 Å². The minimum atomic E-state index is -1.67. The van der Waals surface area contributed by atoms with Crippen LogP contribution in [0.1, 0.15) is 13.8 Å². The van der Waals surface area contributed by atoms with Crippen molar-refractivity contribution in [3.63, 3.8) is 0 Å². The molecule has 2 aliphatic rings. The van der Waals surface area contributed by atoms with Gasteiger partial charge in [0.1, 0.15) is 17.2 Å². The summed E-state index contributed by atoms with van der Waals surface area (Å²) in [6.45, 7) is 2.71. The fourth-order valence-corrected chi connectivity index (χ4v) is 5.28. The summed E-state index contributed by atoms with van der Waals surface area (Å²) in [7, 11) is 0. The first-order valence-electron chi connectivity index (χ1n) is 8.47. The summed E-state index contributed by atoms with van der Waals surface area (Å²) in [5, 5.41) is 15.3. The highest BCUT2D eigenvalue weighted by atomic mass is 32.2.